The largest absolute Gasteiger partial charge is 0.496 e. The average molecular weight is 395 g/mol. The number of sulfonamides is 1. The molecule has 0 bridgehead atoms. The Labute approximate surface area is 143 Å². The van der Waals surface area contributed by atoms with E-state index in [2.05, 4.69) is 20.3 Å². The first-order valence-electron chi connectivity index (χ1n) is 6.90. The summed E-state index contributed by atoms with van der Waals surface area (Å²) in [6.45, 7) is 0.477. The second kappa shape index (κ2) is 5.98. The van der Waals surface area contributed by atoms with Crippen molar-refractivity contribution in [3.63, 3.8) is 0 Å². The van der Waals surface area contributed by atoms with E-state index in [9.17, 15) is 8.42 Å². The number of rotatable bonds is 3. The molecule has 0 radical (unpaired) electrons. The van der Waals surface area contributed by atoms with E-state index in [-0.39, 0.29) is 4.90 Å². The Morgan fingerprint density at radius 3 is 2.70 bits per heavy atom. The third-order valence-corrected chi connectivity index (χ3v) is 5.44. The maximum Gasteiger partial charge on any atom is 0.285 e. The van der Waals surface area contributed by atoms with Gasteiger partial charge < -0.3 is 9.64 Å². The molecule has 1 aliphatic rings. The molecule has 5 nitrogen and oxygen atoms in total. The van der Waals surface area contributed by atoms with Crippen LogP contribution in [0.15, 0.2) is 56.2 Å². The van der Waals surface area contributed by atoms with Crippen molar-refractivity contribution in [2.24, 2.45) is 4.40 Å². The van der Waals surface area contributed by atoms with E-state index in [1.807, 2.05) is 36.2 Å². The Morgan fingerprint density at radius 1 is 1.22 bits per heavy atom. The Kier molecular flexibility index (Phi) is 4.16. The molecule has 2 aromatic rings. The van der Waals surface area contributed by atoms with Crippen LogP contribution in [0.2, 0.25) is 0 Å². The predicted octanol–water partition coefficient (Wildman–Crippen LogP) is 3.04. The minimum absolute atomic E-state index is 0.253. The molecule has 0 amide bonds. The van der Waals surface area contributed by atoms with Crippen molar-refractivity contribution in [1.29, 1.82) is 0 Å². The van der Waals surface area contributed by atoms with Crippen molar-refractivity contribution in [1.82, 2.24) is 4.90 Å². The molecule has 0 fully saturated rings. The third kappa shape index (κ3) is 2.98. The fraction of sp³-hybridized carbons (Fsp3) is 0.188. The number of nitrogens with zero attached hydrogens (tertiary/aromatic N) is 2. The van der Waals surface area contributed by atoms with E-state index in [1.54, 1.807) is 25.3 Å². The zero-order valence-electron chi connectivity index (χ0n) is 12.7. The number of benzene rings is 2. The lowest BCUT2D eigenvalue weighted by molar-refractivity contribution is 0.398. The van der Waals surface area contributed by atoms with Crippen molar-refractivity contribution < 1.29 is 13.2 Å². The average Bonchev–Trinajstić information content (AvgIpc) is 2.80. The van der Waals surface area contributed by atoms with E-state index in [0.29, 0.717) is 17.9 Å². The van der Waals surface area contributed by atoms with Gasteiger partial charge in [-0.15, -0.1) is 4.40 Å². The fourth-order valence-electron chi connectivity index (χ4n) is 2.56. The molecule has 0 aromatic heterocycles. The van der Waals surface area contributed by atoms with Crippen LogP contribution in [-0.4, -0.2) is 33.3 Å². The Balaban J connectivity index is 1.97. The summed E-state index contributed by atoms with van der Waals surface area (Å²) in [7, 11) is -0.183. The number of fused-ring (bicyclic) bond motifs is 1. The molecule has 0 spiro atoms. The van der Waals surface area contributed by atoms with Crippen LogP contribution < -0.4 is 4.74 Å². The van der Waals surface area contributed by atoms with Gasteiger partial charge in [-0.3, -0.25) is 0 Å². The summed E-state index contributed by atoms with van der Waals surface area (Å²) in [4.78, 5) is 2.07. The highest BCUT2D eigenvalue weighted by Gasteiger charge is 2.30. The summed E-state index contributed by atoms with van der Waals surface area (Å²) in [5.74, 6) is 1.19. The van der Waals surface area contributed by atoms with Gasteiger partial charge in [-0.25, -0.2) is 0 Å². The van der Waals surface area contributed by atoms with E-state index < -0.39 is 10.0 Å². The molecule has 0 N–H and O–H groups in total. The maximum absolute atomic E-state index is 12.2. The highest BCUT2D eigenvalue weighted by atomic mass is 79.9. The Hall–Kier alpha value is -1.86. The van der Waals surface area contributed by atoms with Crippen LogP contribution in [0.5, 0.6) is 5.75 Å². The van der Waals surface area contributed by atoms with Crippen LogP contribution >= 0.6 is 15.9 Å². The van der Waals surface area contributed by atoms with Crippen molar-refractivity contribution in [3.8, 4) is 5.75 Å². The van der Waals surface area contributed by atoms with Crippen LogP contribution in [0.25, 0.3) is 0 Å². The SMILES string of the molecule is COc1ccc(Br)cc1CN(C)C1=NS(=O)(=O)c2ccccc21. The summed E-state index contributed by atoms with van der Waals surface area (Å²) in [6, 6.07) is 12.6. The zero-order chi connectivity index (χ0) is 16.6. The van der Waals surface area contributed by atoms with Crippen LogP contribution in [-0.2, 0) is 16.6 Å². The summed E-state index contributed by atoms with van der Waals surface area (Å²) in [6.07, 6.45) is 0. The minimum Gasteiger partial charge on any atom is -0.496 e. The summed E-state index contributed by atoms with van der Waals surface area (Å²) < 4.78 is 34.5. The first kappa shape index (κ1) is 16.0. The topological polar surface area (TPSA) is 59.0 Å². The first-order chi connectivity index (χ1) is 10.9. The van der Waals surface area contributed by atoms with E-state index in [1.165, 1.54) is 0 Å². The number of hydrogen-bond donors (Lipinski definition) is 0. The van der Waals surface area contributed by atoms with Gasteiger partial charge in [0.05, 0.1) is 7.11 Å². The standard InChI is InChI=1S/C16H15BrN2O3S/c1-19(10-11-9-12(17)7-8-14(11)22-2)16-13-5-3-4-6-15(13)23(20,21)18-16/h3-9H,10H2,1-2H3. The van der Waals surface area contributed by atoms with Crippen LogP contribution in [0.1, 0.15) is 11.1 Å². The monoisotopic (exact) mass is 394 g/mol. The normalized spacial score (nSPS) is 15.0. The zero-order valence-corrected chi connectivity index (χ0v) is 15.1. The Bertz CT molecular complexity index is 894. The van der Waals surface area contributed by atoms with E-state index in [4.69, 9.17) is 4.74 Å². The molecule has 1 aliphatic heterocycles. The lowest BCUT2D eigenvalue weighted by atomic mass is 10.1. The number of halogens is 1. The summed E-state index contributed by atoms with van der Waals surface area (Å²) in [5, 5.41) is 0. The molecule has 3 rings (SSSR count). The predicted molar refractivity (Wildman–Crippen MR) is 92.3 cm³/mol. The van der Waals surface area contributed by atoms with Gasteiger partial charge >= 0.3 is 0 Å². The van der Waals surface area contributed by atoms with Gasteiger partial charge in [0.2, 0.25) is 0 Å². The molecule has 0 saturated carbocycles. The van der Waals surface area contributed by atoms with Gasteiger partial charge in [0.15, 0.2) is 5.84 Å². The van der Waals surface area contributed by atoms with Crippen LogP contribution in [0.4, 0.5) is 0 Å². The van der Waals surface area contributed by atoms with Crippen molar-refractivity contribution >= 4 is 31.8 Å². The van der Waals surface area contributed by atoms with Gasteiger partial charge in [0.1, 0.15) is 10.6 Å². The molecule has 2 aromatic carbocycles. The first-order valence-corrected chi connectivity index (χ1v) is 9.13. The van der Waals surface area contributed by atoms with Gasteiger partial charge in [0, 0.05) is 29.2 Å². The molecule has 0 saturated heterocycles. The fourth-order valence-corrected chi connectivity index (χ4v) is 4.22. The molecule has 23 heavy (non-hydrogen) atoms. The molecular formula is C16H15BrN2O3S. The van der Waals surface area contributed by atoms with Crippen molar-refractivity contribution in [2.45, 2.75) is 11.4 Å². The van der Waals surface area contributed by atoms with E-state index >= 15 is 0 Å². The quantitative estimate of drug-likeness (QED) is 0.802. The number of amidine groups is 1. The maximum atomic E-state index is 12.2. The highest BCUT2D eigenvalue weighted by Crippen LogP contribution is 2.29. The third-order valence-electron chi connectivity index (χ3n) is 3.62. The smallest absolute Gasteiger partial charge is 0.285 e. The van der Waals surface area contributed by atoms with Crippen LogP contribution in [0.3, 0.4) is 0 Å². The summed E-state index contributed by atoms with van der Waals surface area (Å²) >= 11 is 3.44. The lowest BCUT2D eigenvalue weighted by Crippen LogP contribution is -2.26. The van der Waals surface area contributed by atoms with Gasteiger partial charge in [0.25, 0.3) is 10.0 Å². The van der Waals surface area contributed by atoms with Gasteiger partial charge in [-0.1, -0.05) is 28.1 Å². The van der Waals surface area contributed by atoms with Crippen molar-refractivity contribution in [2.75, 3.05) is 14.2 Å². The number of methoxy groups -OCH3 is 1. The van der Waals surface area contributed by atoms with Gasteiger partial charge in [-0.2, -0.15) is 8.42 Å². The highest BCUT2D eigenvalue weighted by molar-refractivity contribution is 9.10. The molecule has 1 heterocycles. The number of hydrogen-bond acceptors (Lipinski definition) is 4. The molecule has 0 atom stereocenters. The van der Waals surface area contributed by atoms with Gasteiger partial charge in [-0.05, 0) is 30.3 Å². The second-order valence-corrected chi connectivity index (χ2v) is 7.69. The number of ether oxygens (including phenoxy) is 1. The lowest BCUT2D eigenvalue weighted by Gasteiger charge is -2.20. The van der Waals surface area contributed by atoms with E-state index in [0.717, 1.165) is 15.8 Å². The van der Waals surface area contributed by atoms with Crippen LogP contribution in [0, 0.1) is 0 Å². The minimum atomic E-state index is -3.61. The molecule has 0 unspecified atom stereocenters. The summed E-state index contributed by atoms with van der Waals surface area (Å²) in [5.41, 5.74) is 1.57. The molecule has 0 aliphatic carbocycles. The molecular weight excluding hydrogens is 380 g/mol. The Morgan fingerprint density at radius 2 is 1.96 bits per heavy atom. The molecule has 7 heteroatoms. The molecule has 120 valence electrons. The second-order valence-electron chi connectivity index (χ2n) is 5.20. The van der Waals surface area contributed by atoms with Crippen molar-refractivity contribution in [3.05, 3.63) is 58.1 Å².